The Bertz CT molecular complexity index is 418. The highest BCUT2D eigenvalue weighted by molar-refractivity contribution is 7.99. The fraction of sp³-hybridized carbons (Fsp3) is 0.588. The number of thioether (sulfide) groups is 1. The van der Waals surface area contributed by atoms with Crippen molar-refractivity contribution in [3.63, 3.8) is 0 Å². The summed E-state index contributed by atoms with van der Waals surface area (Å²) in [6, 6.07) is 10.7. The van der Waals surface area contributed by atoms with Gasteiger partial charge in [0.1, 0.15) is 0 Å². The summed E-state index contributed by atoms with van der Waals surface area (Å²) in [5.41, 5.74) is 0. The molecule has 0 aromatic heterocycles. The molecule has 0 spiro atoms. The summed E-state index contributed by atoms with van der Waals surface area (Å²) in [6.45, 7) is 0.566. The number of carbonyl (C=O) groups is 1. The fourth-order valence-electron chi connectivity index (χ4n) is 2.91. The maximum Gasteiger partial charge on any atom is 0.222 e. The third kappa shape index (κ3) is 5.36. The molecule has 1 aromatic rings. The summed E-state index contributed by atoms with van der Waals surface area (Å²) < 4.78 is 0. The minimum absolute atomic E-state index is 0.0704. The third-order valence-corrected chi connectivity index (χ3v) is 5.07. The number of nitrogens with zero attached hydrogens (tertiary/aromatic N) is 1. The van der Waals surface area contributed by atoms with Crippen molar-refractivity contribution in [1.82, 2.24) is 4.90 Å². The largest absolute Gasteiger partial charge is 0.395 e. The van der Waals surface area contributed by atoms with Crippen molar-refractivity contribution in [2.24, 2.45) is 0 Å². The number of aliphatic hydroxyl groups excluding tert-OH is 1. The van der Waals surface area contributed by atoms with Gasteiger partial charge in [-0.15, -0.1) is 11.8 Å². The minimum Gasteiger partial charge on any atom is -0.395 e. The predicted molar refractivity (Wildman–Crippen MR) is 87.5 cm³/mol. The van der Waals surface area contributed by atoms with Gasteiger partial charge < -0.3 is 10.0 Å². The Morgan fingerprint density at radius 2 is 1.95 bits per heavy atom. The highest BCUT2D eigenvalue weighted by Crippen LogP contribution is 2.24. The first-order chi connectivity index (χ1) is 10.3. The van der Waals surface area contributed by atoms with Crippen LogP contribution in [0.2, 0.25) is 0 Å². The molecule has 0 heterocycles. The summed E-state index contributed by atoms with van der Waals surface area (Å²) >= 11 is 1.80. The van der Waals surface area contributed by atoms with E-state index >= 15 is 0 Å². The van der Waals surface area contributed by atoms with Crippen LogP contribution in [0.1, 0.15) is 38.5 Å². The minimum atomic E-state index is 0.0704. The molecule has 1 amide bonds. The molecular weight excluding hydrogens is 282 g/mol. The van der Waals surface area contributed by atoms with Gasteiger partial charge in [-0.2, -0.15) is 0 Å². The van der Waals surface area contributed by atoms with Gasteiger partial charge in [-0.25, -0.2) is 0 Å². The van der Waals surface area contributed by atoms with E-state index in [1.165, 1.54) is 17.7 Å². The maximum atomic E-state index is 12.3. The molecule has 0 unspecified atom stereocenters. The SMILES string of the molecule is O=C(CCCSc1ccccc1)N(CCO)C1CCCC1. The molecule has 2 rings (SSSR count). The average molecular weight is 307 g/mol. The van der Waals surface area contributed by atoms with E-state index in [1.807, 2.05) is 23.1 Å². The third-order valence-electron chi connectivity index (χ3n) is 3.97. The predicted octanol–water partition coefficient (Wildman–Crippen LogP) is 3.32. The van der Waals surface area contributed by atoms with Gasteiger partial charge in [0.05, 0.1) is 6.61 Å². The van der Waals surface area contributed by atoms with Gasteiger partial charge in [0.2, 0.25) is 5.91 Å². The second-order valence-corrected chi connectivity index (χ2v) is 6.68. The van der Waals surface area contributed by atoms with Crippen LogP contribution >= 0.6 is 11.8 Å². The van der Waals surface area contributed by atoms with Crippen molar-refractivity contribution < 1.29 is 9.90 Å². The number of benzene rings is 1. The van der Waals surface area contributed by atoms with Gasteiger partial charge in [0, 0.05) is 23.9 Å². The Morgan fingerprint density at radius 3 is 2.62 bits per heavy atom. The molecule has 1 aliphatic carbocycles. The quantitative estimate of drug-likeness (QED) is 0.591. The van der Waals surface area contributed by atoms with Gasteiger partial charge in [-0.3, -0.25) is 4.79 Å². The Labute approximate surface area is 131 Å². The van der Waals surface area contributed by atoms with Gasteiger partial charge in [-0.1, -0.05) is 31.0 Å². The summed E-state index contributed by atoms with van der Waals surface area (Å²) in [4.78, 5) is 15.5. The Kier molecular flexibility index (Phi) is 7.10. The summed E-state index contributed by atoms with van der Waals surface area (Å²) in [5, 5.41) is 9.17. The average Bonchev–Trinajstić information content (AvgIpc) is 3.04. The van der Waals surface area contributed by atoms with Crippen molar-refractivity contribution in [3.8, 4) is 0 Å². The molecule has 21 heavy (non-hydrogen) atoms. The molecule has 3 nitrogen and oxygen atoms in total. The lowest BCUT2D eigenvalue weighted by molar-refractivity contribution is -0.134. The van der Waals surface area contributed by atoms with Crippen LogP contribution in [-0.2, 0) is 4.79 Å². The zero-order chi connectivity index (χ0) is 14.9. The highest BCUT2D eigenvalue weighted by atomic mass is 32.2. The van der Waals surface area contributed by atoms with E-state index in [9.17, 15) is 4.79 Å². The molecule has 1 fully saturated rings. The molecule has 1 N–H and O–H groups in total. The molecule has 116 valence electrons. The van der Waals surface area contributed by atoms with Crippen molar-refractivity contribution >= 4 is 17.7 Å². The monoisotopic (exact) mass is 307 g/mol. The van der Waals surface area contributed by atoms with Gasteiger partial charge in [0.15, 0.2) is 0 Å². The first-order valence-corrected chi connectivity index (χ1v) is 8.88. The molecule has 0 saturated heterocycles. The second kappa shape index (κ2) is 9.11. The number of amides is 1. The topological polar surface area (TPSA) is 40.5 Å². The molecule has 0 atom stereocenters. The highest BCUT2D eigenvalue weighted by Gasteiger charge is 2.25. The van der Waals surface area contributed by atoms with E-state index in [1.54, 1.807) is 11.8 Å². The second-order valence-electron chi connectivity index (χ2n) is 5.51. The number of aliphatic hydroxyl groups is 1. The number of rotatable bonds is 8. The van der Waals surface area contributed by atoms with Crippen molar-refractivity contribution in [1.29, 1.82) is 0 Å². The Morgan fingerprint density at radius 1 is 1.24 bits per heavy atom. The zero-order valence-electron chi connectivity index (χ0n) is 12.5. The fourth-order valence-corrected chi connectivity index (χ4v) is 3.78. The molecule has 4 heteroatoms. The lowest BCUT2D eigenvalue weighted by Gasteiger charge is -2.28. The number of hydrogen-bond donors (Lipinski definition) is 1. The van der Waals surface area contributed by atoms with Crippen LogP contribution < -0.4 is 0 Å². The standard InChI is InChI=1S/C17H25NO2S/c19-13-12-18(15-7-4-5-8-15)17(20)11-6-14-21-16-9-2-1-3-10-16/h1-3,9-10,15,19H,4-8,11-14H2. The van der Waals surface area contributed by atoms with Crippen LogP contribution in [-0.4, -0.2) is 40.9 Å². The number of hydrogen-bond acceptors (Lipinski definition) is 3. The van der Waals surface area contributed by atoms with Crippen molar-refractivity contribution in [3.05, 3.63) is 30.3 Å². The maximum absolute atomic E-state index is 12.3. The summed E-state index contributed by atoms with van der Waals surface area (Å²) in [7, 11) is 0. The first kappa shape index (κ1) is 16.4. The molecule has 0 aliphatic heterocycles. The smallest absolute Gasteiger partial charge is 0.222 e. The van der Waals surface area contributed by atoms with Crippen molar-refractivity contribution in [2.45, 2.75) is 49.5 Å². The molecular formula is C17H25NO2S. The van der Waals surface area contributed by atoms with Crippen LogP contribution in [0.4, 0.5) is 0 Å². The molecule has 0 radical (unpaired) electrons. The van der Waals surface area contributed by atoms with E-state index in [0.717, 1.165) is 25.0 Å². The van der Waals surface area contributed by atoms with Crippen LogP contribution in [0.15, 0.2) is 35.2 Å². The summed E-state index contributed by atoms with van der Waals surface area (Å²) in [5.74, 6) is 1.18. The van der Waals surface area contributed by atoms with Crippen LogP contribution in [0.25, 0.3) is 0 Å². The Hall–Kier alpha value is -1.00. The Balaban J connectivity index is 1.71. The van der Waals surface area contributed by atoms with Gasteiger partial charge >= 0.3 is 0 Å². The molecule has 1 aliphatic rings. The lowest BCUT2D eigenvalue weighted by Crippen LogP contribution is -2.40. The van der Waals surface area contributed by atoms with E-state index < -0.39 is 0 Å². The first-order valence-electron chi connectivity index (χ1n) is 7.89. The normalized spacial score (nSPS) is 15.3. The molecule has 1 aromatic carbocycles. The van der Waals surface area contributed by atoms with E-state index in [-0.39, 0.29) is 12.5 Å². The van der Waals surface area contributed by atoms with E-state index in [4.69, 9.17) is 5.11 Å². The van der Waals surface area contributed by atoms with E-state index in [0.29, 0.717) is 19.0 Å². The zero-order valence-corrected chi connectivity index (χ0v) is 13.4. The van der Waals surface area contributed by atoms with Crippen LogP contribution in [0.3, 0.4) is 0 Å². The van der Waals surface area contributed by atoms with Gasteiger partial charge in [-0.05, 0) is 37.1 Å². The molecule has 0 bridgehead atoms. The van der Waals surface area contributed by atoms with Crippen molar-refractivity contribution in [2.75, 3.05) is 18.9 Å². The van der Waals surface area contributed by atoms with Gasteiger partial charge in [0.25, 0.3) is 0 Å². The summed E-state index contributed by atoms with van der Waals surface area (Å²) in [6.07, 6.45) is 6.12. The van der Waals surface area contributed by atoms with E-state index in [2.05, 4.69) is 12.1 Å². The molecule has 1 saturated carbocycles. The van der Waals surface area contributed by atoms with Crippen LogP contribution in [0.5, 0.6) is 0 Å². The number of carbonyl (C=O) groups excluding carboxylic acids is 1. The van der Waals surface area contributed by atoms with Crippen LogP contribution in [0, 0.1) is 0 Å². The lowest BCUT2D eigenvalue weighted by atomic mass is 10.2.